The molecule has 4 rings (SSSR count). The van der Waals surface area contributed by atoms with Crippen molar-refractivity contribution >= 4 is 17.7 Å². The maximum absolute atomic E-state index is 13.1. The molecule has 1 amide bonds. The summed E-state index contributed by atoms with van der Waals surface area (Å²) in [5.41, 5.74) is 1.51. The van der Waals surface area contributed by atoms with Crippen molar-refractivity contribution in [1.29, 1.82) is 0 Å². The highest BCUT2D eigenvalue weighted by Crippen LogP contribution is 2.23. The van der Waals surface area contributed by atoms with E-state index in [4.69, 9.17) is 4.74 Å². The van der Waals surface area contributed by atoms with Crippen LogP contribution in [0.25, 0.3) is 0 Å². The molecular formula is C21H20FN5O2. The van der Waals surface area contributed by atoms with Gasteiger partial charge in [0.25, 0.3) is 0 Å². The molecule has 0 radical (unpaired) electrons. The third kappa shape index (κ3) is 4.91. The van der Waals surface area contributed by atoms with E-state index in [1.165, 1.54) is 12.1 Å². The average Bonchev–Trinajstić information content (AvgIpc) is 2.76. The second-order valence-electron chi connectivity index (χ2n) is 6.65. The predicted octanol–water partition coefficient (Wildman–Crippen LogP) is 2.90. The Balaban J connectivity index is 1.42. The van der Waals surface area contributed by atoms with Crippen LogP contribution >= 0.6 is 0 Å². The molecule has 1 atom stereocenters. The zero-order chi connectivity index (χ0) is 20.1. The van der Waals surface area contributed by atoms with E-state index in [0.29, 0.717) is 31.5 Å². The van der Waals surface area contributed by atoms with Crippen LogP contribution in [0.5, 0.6) is 0 Å². The van der Waals surface area contributed by atoms with Gasteiger partial charge in [-0.25, -0.2) is 19.3 Å². The minimum atomic E-state index is -0.320. The molecule has 1 aliphatic heterocycles. The molecule has 0 aliphatic carbocycles. The van der Waals surface area contributed by atoms with Crippen molar-refractivity contribution in [3.05, 3.63) is 78.0 Å². The first-order chi connectivity index (χ1) is 14.2. The molecule has 7 nitrogen and oxygen atoms in total. The zero-order valence-corrected chi connectivity index (χ0v) is 15.7. The van der Waals surface area contributed by atoms with Crippen LogP contribution in [0.2, 0.25) is 0 Å². The maximum Gasteiger partial charge on any atom is 0.228 e. The summed E-state index contributed by atoms with van der Waals surface area (Å²) < 4.78 is 18.9. The van der Waals surface area contributed by atoms with Crippen LogP contribution in [-0.4, -0.2) is 45.5 Å². The Morgan fingerprint density at radius 2 is 1.93 bits per heavy atom. The van der Waals surface area contributed by atoms with E-state index in [-0.39, 0.29) is 24.2 Å². The van der Waals surface area contributed by atoms with Gasteiger partial charge in [-0.15, -0.1) is 0 Å². The van der Waals surface area contributed by atoms with Crippen LogP contribution in [0.3, 0.4) is 0 Å². The Morgan fingerprint density at radius 1 is 1.14 bits per heavy atom. The van der Waals surface area contributed by atoms with Crippen LogP contribution < -0.4 is 5.32 Å². The van der Waals surface area contributed by atoms with Gasteiger partial charge in [0.1, 0.15) is 17.7 Å². The second-order valence-corrected chi connectivity index (χ2v) is 6.65. The van der Waals surface area contributed by atoms with E-state index in [0.717, 1.165) is 11.3 Å². The summed E-state index contributed by atoms with van der Waals surface area (Å²) in [6.45, 7) is 1.37. The van der Waals surface area contributed by atoms with E-state index < -0.39 is 0 Å². The standard InChI is InChI=1S/C21H20FN5O2/c22-16-7-5-15(6-8-16)13-20(28)27-11-12-29-18(14-27)17-3-1-4-19(25-17)26-21-23-9-2-10-24-21/h1-10,18H,11-14H2,(H,23,24,25,26)/t18-/m1/s1. The highest BCUT2D eigenvalue weighted by Gasteiger charge is 2.26. The molecule has 1 fully saturated rings. The first-order valence-corrected chi connectivity index (χ1v) is 9.32. The Labute approximate surface area is 167 Å². The summed E-state index contributed by atoms with van der Waals surface area (Å²) in [6, 6.07) is 13.3. The van der Waals surface area contributed by atoms with Crippen molar-refractivity contribution in [2.75, 3.05) is 25.0 Å². The quantitative estimate of drug-likeness (QED) is 0.718. The van der Waals surface area contributed by atoms with Gasteiger partial charge < -0.3 is 15.0 Å². The Bertz CT molecular complexity index is 968. The van der Waals surface area contributed by atoms with E-state index in [9.17, 15) is 9.18 Å². The smallest absolute Gasteiger partial charge is 0.228 e. The SMILES string of the molecule is O=C(Cc1ccc(F)cc1)N1CCO[C@@H](c2cccc(Nc3ncccn3)n2)C1. The normalized spacial score (nSPS) is 16.4. The molecule has 0 saturated carbocycles. The van der Waals surface area contributed by atoms with E-state index in [2.05, 4.69) is 20.3 Å². The number of ether oxygens (including phenoxy) is 1. The number of nitrogens with one attached hydrogen (secondary N) is 1. The number of carbonyl (C=O) groups excluding carboxylic acids is 1. The molecule has 1 saturated heterocycles. The largest absolute Gasteiger partial charge is 0.368 e. The van der Waals surface area contributed by atoms with Crippen molar-refractivity contribution in [3.63, 3.8) is 0 Å². The number of aromatic nitrogens is 3. The highest BCUT2D eigenvalue weighted by atomic mass is 19.1. The lowest BCUT2D eigenvalue weighted by molar-refractivity contribution is -0.138. The van der Waals surface area contributed by atoms with Gasteiger partial charge in [0.05, 0.1) is 25.3 Å². The van der Waals surface area contributed by atoms with Crippen LogP contribution in [0.15, 0.2) is 60.9 Å². The van der Waals surface area contributed by atoms with Gasteiger partial charge >= 0.3 is 0 Å². The number of pyridine rings is 1. The summed E-state index contributed by atoms with van der Waals surface area (Å²) in [4.78, 5) is 27.3. The van der Waals surface area contributed by atoms with E-state index in [1.54, 1.807) is 35.5 Å². The minimum Gasteiger partial charge on any atom is -0.368 e. The minimum absolute atomic E-state index is 0.0168. The molecule has 3 heterocycles. The van der Waals surface area contributed by atoms with Crippen LogP contribution in [0.1, 0.15) is 17.4 Å². The summed E-state index contributed by atoms with van der Waals surface area (Å²) >= 11 is 0. The summed E-state index contributed by atoms with van der Waals surface area (Å²) in [5.74, 6) is 0.731. The lowest BCUT2D eigenvalue weighted by Crippen LogP contribution is -2.43. The van der Waals surface area contributed by atoms with Crippen molar-refractivity contribution in [1.82, 2.24) is 19.9 Å². The molecule has 1 aromatic carbocycles. The summed E-state index contributed by atoms with van der Waals surface area (Å²) in [5, 5.41) is 3.05. The number of carbonyl (C=O) groups is 1. The molecule has 8 heteroatoms. The van der Waals surface area contributed by atoms with Gasteiger partial charge in [-0.2, -0.15) is 0 Å². The zero-order valence-electron chi connectivity index (χ0n) is 15.7. The maximum atomic E-state index is 13.1. The fourth-order valence-corrected chi connectivity index (χ4v) is 3.12. The average molecular weight is 393 g/mol. The first-order valence-electron chi connectivity index (χ1n) is 9.32. The lowest BCUT2D eigenvalue weighted by atomic mass is 10.1. The van der Waals surface area contributed by atoms with E-state index in [1.807, 2.05) is 18.2 Å². The lowest BCUT2D eigenvalue weighted by Gasteiger charge is -2.33. The Hall–Kier alpha value is -3.39. The van der Waals surface area contributed by atoms with Crippen LogP contribution in [0, 0.1) is 5.82 Å². The topological polar surface area (TPSA) is 80.2 Å². The molecule has 1 N–H and O–H groups in total. The van der Waals surface area contributed by atoms with Crippen molar-refractivity contribution in [2.24, 2.45) is 0 Å². The van der Waals surface area contributed by atoms with Crippen LogP contribution in [0.4, 0.5) is 16.2 Å². The Morgan fingerprint density at radius 3 is 2.72 bits per heavy atom. The van der Waals surface area contributed by atoms with Gasteiger partial charge in [0, 0.05) is 18.9 Å². The van der Waals surface area contributed by atoms with Gasteiger partial charge in [0.15, 0.2) is 0 Å². The number of hydrogen-bond donors (Lipinski definition) is 1. The van der Waals surface area contributed by atoms with Crippen molar-refractivity contribution in [3.8, 4) is 0 Å². The number of morpholine rings is 1. The number of halogens is 1. The molecule has 0 spiro atoms. The molecule has 29 heavy (non-hydrogen) atoms. The van der Waals surface area contributed by atoms with Crippen molar-refractivity contribution in [2.45, 2.75) is 12.5 Å². The highest BCUT2D eigenvalue weighted by molar-refractivity contribution is 5.78. The first kappa shape index (κ1) is 18.9. The molecule has 3 aromatic rings. The summed E-state index contributed by atoms with van der Waals surface area (Å²) in [7, 11) is 0. The summed E-state index contributed by atoms with van der Waals surface area (Å²) in [6.07, 6.45) is 3.20. The number of amides is 1. The van der Waals surface area contributed by atoms with Gasteiger partial charge in [-0.1, -0.05) is 18.2 Å². The number of benzene rings is 1. The van der Waals surface area contributed by atoms with Gasteiger partial charge in [-0.05, 0) is 35.9 Å². The van der Waals surface area contributed by atoms with Gasteiger partial charge in [-0.3, -0.25) is 4.79 Å². The Kier molecular flexibility index (Phi) is 5.71. The monoisotopic (exact) mass is 393 g/mol. The fourth-order valence-electron chi connectivity index (χ4n) is 3.12. The van der Waals surface area contributed by atoms with E-state index >= 15 is 0 Å². The predicted molar refractivity (Wildman–Crippen MR) is 105 cm³/mol. The molecule has 2 aromatic heterocycles. The molecule has 1 aliphatic rings. The number of nitrogens with zero attached hydrogens (tertiary/aromatic N) is 4. The van der Waals surface area contributed by atoms with Crippen LogP contribution in [-0.2, 0) is 16.0 Å². The number of hydrogen-bond acceptors (Lipinski definition) is 6. The number of rotatable bonds is 5. The second kappa shape index (κ2) is 8.74. The molecular weight excluding hydrogens is 373 g/mol. The molecule has 0 bridgehead atoms. The molecule has 0 unspecified atom stereocenters. The third-order valence-electron chi connectivity index (χ3n) is 4.59. The number of anilines is 2. The van der Waals surface area contributed by atoms with Gasteiger partial charge in [0.2, 0.25) is 11.9 Å². The molecule has 148 valence electrons. The van der Waals surface area contributed by atoms with Crippen molar-refractivity contribution < 1.29 is 13.9 Å². The fraction of sp³-hybridized carbons (Fsp3) is 0.238. The third-order valence-corrected chi connectivity index (χ3v) is 4.59.